The zero-order valence-electron chi connectivity index (χ0n) is 11.0. The lowest BCUT2D eigenvalue weighted by atomic mass is 9.89. The number of hydrogen-bond acceptors (Lipinski definition) is 3. The van der Waals surface area contributed by atoms with E-state index < -0.39 is 0 Å². The molecule has 3 heteroatoms. The fourth-order valence-electron chi connectivity index (χ4n) is 2.85. The monoisotopic (exact) mass is 255 g/mol. The Hall–Kier alpha value is -1.74. The summed E-state index contributed by atoms with van der Waals surface area (Å²) < 4.78 is 5.63. The average Bonchev–Trinajstić information content (AvgIpc) is 2.94. The predicted molar refractivity (Wildman–Crippen MR) is 74.2 cm³/mol. The molecular formula is C16H17NO2. The van der Waals surface area contributed by atoms with Gasteiger partial charge in [-0.1, -0.05) is 25.1 Å². The molecule has 1 saturated heterocycles. The van der Waals surface area contributed by atoms with Crippen LogP contribution in [0.5, 0.6) is 0 Å². The number of rotatable bonds is 3. The summed E-state index contributed by atoms with van der Waals surface area (Å²) in [5, 5.41) is 1.01. The molecule has 98 valence electrons. The van der Waals surface area contributed by atoms with Crippen molar-refractivity contribution in [3.63, 3.8) is 0 Å². The van der Waals surface area contributed by atoms with Crippen molar-refractivity contribution >= 4 is 16.7 Å². The first-order chi connectivity index (χ1) is 9.31. The Morgan fingerprint density at radius 2 is 2.21 bits per heavy atom. The lowest BCUT2D eigenvalue weighted by Gasteiger charge is -2.16. The first-order valence-corrected chi connectivity index (χ1v) is 6.81. The van der Waals surface area contributed by atoms with Crippen LogP contribution >= 0.6 is 0 Å². The number of benzene rings is 1. The number of fused-ring (bicyclic) bond motifs is 1. The van der Waals surface area contributed by atoms with Gasteiger partial charge < -0.3 is 4.74 Å². The normalized spacial score (nSPS) is 22.8. The molecule has 1 aliphatic heterocycles. The van der Waals surface area contributed by atoms with Crippen LogP contribution in [0.3, 0.4) is 0 Å². The van der Waals surface area contributed by atoms with E-state index in [0.29, 0.717) is 6.61 Å². The van der Waals surface area contributed by atoms with Gasteiger partial charge in [-0.05, 0) is 25.0 Å². The van der Waals surface area contributed by atoms with E-state index in [2.05, 4.69) is 11.9 Å². The standard InChI is InChI=1S/C16H17NO2/c1-2-14-12(8-10-19-14)16(18)13-7-3-5-11-6-4-9-17-15(11)13/h3-7,9,12,14H,2,8,10H2,1H3. The SMILES string of the molecule is CCC1OCCC1C(=O)c1cccc2cccnc12. The van der Waals surface area contributed by atoms with Crippen LogP contribution < -0.4 is 0 Å². The van der Waals surface area contributed by atoms with Crippen molar-refractivity contribution in [3.8, 4) is 0 Å². The number of ether oxygens (including phenoxy) is 1. The Kier molecular flexibility index (Phi) is 3.30. The minimum atomic E-state index is -0.0161. The maximum atomic E-state index is 12.7. The van der Waals surface area contributed by atoms with Gasteiger partial charge in [0.1, 0.15) is 0 Å². The van der Waals surface area contributed by atoms with Gasteiger partial charge in [0.15, 0.2) is 5.78 Å². The summed E-state index contributed by atoms with van der Waals surface area (Å²) >= 11 is 0. The second-order valence-electron chi connectivity index (χ2n) is 4.96. The first kappa shape index (κ1) is 12.3. The summed E-state index contributed by atoms with van der Waals surface area (Å²) in [6.07, 6.45) is 3.50. The molecule has 0 N–H and O–H groups in total. The molecule has 19 heavy (non-hydrogen) atoms. The number of ketones is 1. The maximum Gasteiger partial charge on any atom is 0.170 e. The molecule has 2 aromatic rings. The van der Waals surface area contributed by atoms with E-state index >= 15 is 0 Å². The predicted octanol–water partition coefficient (Wildman–Crippen LogP) is 3.23. The summed E-state index contributed by atoms with van der Waals surface area (Å²) in [5.41, 5.74) is 1.53. The zero-order chi connectivity index (χ0) is 13.2. The van der Waals surface area contributed by atoms with E-state index in [4.69, 9.17) is 4.74 Å². The molecule has 1 fully saturated rings. The quantitative estimate of drug-likeness (QED) is 0.790. The Morgan fingerprint density at radius 1 is 1.37 bits per heavy atom. The number of pyridine rings is 1. The molecule has 1 aliphatic rings. The van der Waals surface area contributed by atoms with E-state index in [1.54, 1.807) is 6.20 Å². The molecule has 0 aliphatic carbocycles. The van der Waals surface area contributed by atoms with Crippen LogP contribution in [0.4, 0.5) is 0 Å². The van der Waals surface area contributed by atoms with Crippen molar-refractivity contribution in [1.29, 1.82) is 0 Å². The Bertz CT molecular complexity index is 603. The number of carbonyl (C=O) groups excluding carboxylic acids is 1. The van der Waals surface area contributed by atoms with Gasteiger partial charge in [-0.2, -0.15) is 0 Å². The van der Waals surface area contributed by atoms with Crippen LogP contribution in [-0.2, 0) is 4.74 Å². The number of aromatic nitrogens is 1. The second-order valence-corrected chi connectivity index (χ2v) is 4.96. The topological polar surface area (TPSA) is 39.2 Å². The summed E-state index contributed by atoms with van der Waals surface area (Å²) in [7, 11) is 0. The largest absolute Gasteiger partial charge is 0.377 e. The number of carbonyl (C=O) groups is 1. The van der Waals surface area contributed by atoms with E-state index in [9.17, 15) is 4.79 Å². The van der Waals surface area contributed by atoms with Gasteiger partial charge >= 0.3 is 0 Å². The highest BCUT2D eigenvalue weighted by atomic mass is 16.5. The summed E-state index contributed by atoms with van der Waals surface area (Å²) in [5.74, 6) is 0.159. The smallest absolute Gasteiger partial charge is 0.170 e. The van der Waals surface area contributed by atoms with Gasteiger partial charge in [0, 0.05) is 23.8 Å². The lowest BCUT2D eigenvalue weighted by molar-refractivity contribution is 0.0690. The van der Waals surface area contributed by atoms with Crippen LogP contribution in [0.15, 0.2) is 36.5 Å². The first-order valence-electron chi connectivity index (χ1n) is 6.81. The van der Waals surface area contributed by atoms with Gasteiger partial charge in [-0.25, -0.2) is 0 Å². The van der Waals surface area contributed by atoms with Crippen LogP contribution in [0.25, 0.3) is 10.9 Å². The number of hydrogen-bond donors (Lipinski definition) is 0. The summed E-state index contributed by atoms with van der Waals surface area (Å²) in [6.45, 7) is 2.75. The molecule has 0 radical (unpaired) electrons. The van der Waals surface area contributed by atoms with Crippen LogP contribution in [0, 0.1) is 5.92 Å². The molecule has 0 saturated carbocycles. The van der Waals surface area contributed by atoms with Crippen molar-refractivity contribution in [2.45, 2.75) is 25.9 Å². The molecule has 1 aromatic carbocycles. The van der Waals surface area contributed by atoms with Gasteiger partial charge in [0.25, 0.3) is 0 Å². The van der Waals surface area contributed by atoms with E-state index in [-0.39, 0.29) is 17.8 Å². The Labute approximate surface area is 112 Å². The highest BCUT2D eigenvalue weighted by Gasteiger charge is 2.33. The molecule has 2 unspecified atom stereocenters. The van der Waals surface area contributed by atoms with E-state index in [1.165, 1.54) is 0 Å². The molecule has 3 rings (SSSR count). The number of Topliss-reactive ketones (excluding diaryl/α,β-unsaturated/α-hetero) is 1. The summed E-state index contributed by atoms with van der Waals surface area (Å²) in [4.78, 5) is 17.1. The van der Waals surface area contributed by atoms with Gasteiger partial charge in [-0.3, -0.25) is 9.78 Å². The van der Waals surface area contributed by atoms with Crippen molar-refractivity contribution < 1.29 is 9.53 Å². The molecular weight excluding hydrogens is 238 g/mol. The van der Waals surface area contributed by atoms with Gasteiger partial charge in [0.05, 0.1) is 17.5 Å². The highest BCUT2D eigenvalue weighted by Crippen LogP contribution is 2.29. The number of nitrogens with zero attached hydrogens (tertiary/aromatic N) is 1. The maximum absolute atomic E-state index is 12.7. The van der Waals surface area contributed by atoms with Gasteiger partial charge in [0.2, 0.25) is 0 Å². The third kappa shape index (κ3) is 2.15. The van der Waals surface area contributed by atoms with Crippen molar-refractivity contribution in [1.82, 2.24) is 4.98 Å². The fourth-order valence-corrected chi connectivity index (χ4v) is 2.85. The van der Waals surface area contributed by atoms with Gasteiger partial charge in [-0.15, -0.1) is 0 Å². The summed E-state index contributed by atoms with van der Waals surface area (Å²) in [6, 6.07) is 9.67. The fraction of sp³-hybridized carbons (Fsp3) is 0.375. The molecule has 2 atom stereocenters. The van der Waals surface area contributed by atoms with Crippen LogP contribution in [-0.4, -0.2) is 23.5 Å². The molecule has 0 spiro atoms. The highest BCUT2D eigenvalue weighted by molar-refractivity contribution is 6.08. The third-order valence-corrected chi connectivity index (χ3v) is 3.85. The average molecular weight is 255 g/mol. The number of para-hydroxylation sites is 1. The minimum Gasteiger partial charge on any atom is -0.377 e. The van der Waals surface area contributed by atoms with Crippen molar-refractivity contribution in [2.24, 2.45) is 5.92 Å². The molecule has 0 amide bonds. The molecule has 2 heterocycles. The lowest BCUT2D eigenvalue weighted by Crippen LogP contribution is -2.24. The minimum absolute atomic E-state index is 0.0161. The van der Waals surface area contributed by atoms with E-state index in [0.717, 1.165) is 29.3 Å². The van der Waals surface area contributed by atoms with E-state index in [1.807, 2.05) is 30.3 Å². The van der Waals surface area contributed by atoms with Crippen molar-refractivity contribution in [3.05, 3.63) is 42.1 Å². The molecule has 3 nitrogen and oxygen atoms in total. The Morgan fingerprint density at radius 3 is 3.05 bits per heavy atom. The zero-order valence-corrected chi connectivity index (χ0v) is 11.0. The molecule has 0 bridgehead atoms. The Balaban J connectivity index is 2.02. The van der Waals surface area contributed by atoms with Crippen LogP contribution in [0.1, 0.15) is 30.1 Å². The third-order valence-electron chi connectivity index (χ3n) is 3.85. The van der Waals surface area contributed by atoms with Crippen molar-refractivity contribution in [2.75, 3.05) is 6.61 Å². The molecule has 1 aromatic heterocycles. The second kappa shape index (κ2) is 5.10. The van der Waals surface area contributed by atoms with Crippen LogP contribution in [0.2, 0.25) is 0 Å².